The van der Waals surface area contributed by atoms with Gasteiger partial charge in [-0.25, -0.2) is 8.42 Å². The minimum atomic E-state index is -3.98. The van der Waals surface area contributed by atoms with E-state index in [1.165, 1.54) is 6.07 Å². The number of likely N-dealkylation sites (tertiary alicyclic amines) is 1. The van der Waals surface area contributed by atoms with E-state index >= 15 is 0 Å². The van der Waals surface area contributed by atoms with Crippen molar-refractivity contribution in [2.24, 2.45) is 16.5 Å². The summed E-state index contributed by atoms with van der Waals surface area (Å²) in [5, 5.41) is 11.6. The van der Waals surface area contributed by atoms with Crippen molar-refractivity contribution in [1.29, 1.82) is 0 Å². The first-order valence-electron chi connectivity index (χ1n) is 11.4. The van der Waals surface area contributed by atoms with E-state index in [2.05, 4.69) is 9.71 Å². The molecular weight excluding hydrogens is 474 g/mol. The standard InChI is InChI=1S/C23H33N5O4S2/c24-23(25)26-11-3-4-13-33-16-19-8-5-12-28(19)22(30)21(15-29)27-34(31,32)20-10-9-17-6-1-2-7-18(17)14-20/h1-2,6-7,9-10,14,19,21,27,29H,3-5,8,11-13,15-16H2,(H4,24,25,26)/t19-,21+/m0/s1. The Bertz CT molecular complexity index is 1110. The van der Waals surface area contributed by atoms with Crippen LogP contribution < -0.4 is 16.2 Å². The number of benzene rings is 2. The van der Waals surface area contributed by atoms with Crippen LogP contribution in [0, 0.1) is 0 Å². The first kappa shape index (κ1) is 26.3. The third kappa shape index (κ3) is 7.08. The van der Waals surface area contributed by atoms with Crippen LogP contribution in [0.2, 0.25) is 0 Å². The third-order valence-corrected chi connectivity index (χ3v) is 8.44. The molecule has 0 saturated carbocycles. The molecule has 9 nitrogen and oxygen atoms in total. The molecule has 2 aromatic rings. The van der Waals surface area contributed by atoms with Crippen molar-refractivity contribution in [1.82, 2.24) is 9.62 Å². The van der Waals surface area contributed by atoms with E-state index in [4.69, 9.17) is 11.5 Å². The van der Waals surface area contributed by atoms with Gasteiger partial charge in [-0.3, -0.25) is 9.79 Å². The number of aliphatic hydroxyl groups is 1. The van der Waals surface area contributed by atoms with Gasteiger partial charge in [0.1, 0.15) is 6.04 Å². The largest absolute Gasteiger partial charge is 0.394 e. The van der Waals surface area contributed by atoms with Crippen LogP contribution in [0.3, 0.4) is 0 Å². The number of nitrogens with one attached hydrogen (secondary N) is 1. The summed E-state index contributed by atoms with van der Waals surface area (Å²) in [4.78, 5) is 18.9. The van der Waals surface area contributed by atoms with E-state index in [1.54, 1.807) is 28.8 Å². The van der Waals surface area contributed by atoms with Crippen LogP contribution in [-0.2, 0) is 14.8 Å². The first-order chi connectivity index (χ1) is 16.3. The molecule has 0 bridgehead atoms. The molecule has 0 aliphatic carbocycles. The molecule has 2 aromatic carbocycles. The zero-order chi connectivity index (χ0) is 24.6. The number of thioether (sulfide) groups is 1. The number of rotatable bonds is 12. The number of aliphatic hydroxyl groups excluding tert-OH is 1. The number of amides is 1. The molecule has 6 N–H and O–H groups in total. The lowest BCUT2D eigenvalue weighted by Crippen LogP contribution is -2.52. The Hall–Kier alpha value is -2.34. The number of carbonyl (C=O) groups is 1. The molecular formula is C23H33N5O4S2. The number of nitrogens with two attached hydrogens (primary N) is 2. The highest BCUT2D eigenvalue weighted by Gasteiger charge is 2.35. The molecule has 11 heteroatoms. The topological polar surface area (TPSA) is 151 Å². The summed E-state index contributed by atoms with van der Waals surface area (Å²) in [5.74, 6) is 1.41. The van der Waals surface area contributed by atoms with Gasteiger partial charge < -0.3 is 21.5 Å². The maximum atomic E-state index is 13.1. The van der Waals surface area contributed by atoms with Gasteiger partial charge in [-0.2, -0.15) is 16.5 Å². The molecule has 186 valence electrons. The minimum absolute atomic E-state index is 0.0226. The van der Waals surface area contributed by atoms with Gasteiger partial charge in [0.15, 0.2) is 5.96 Å². The predicted molar refractivity (Wildman–Crippen MR) is 137 cm³/mol. The molecule has 1 fully saturated rings. The highest BCUT2D eigenvalue weighted by molar-refractivity contribution is 7.99. The average molecular weight is 508 g/mol. The van der Waals surface area contributed by atoms with Gasteiger partial charge in [0, 0.05) is 24.9 Å². The summed E-state index contributed by atoms with van der Waals surface area (Å²) in [6, 6.07) is 11.0. The van der Waals surface area contributed by atoms with Crippen LogP contribution in [0.25, 0.3) is 10.8 Å². The molecule has 0 radical (unpaired) electrons. The van der Waals surface area contributed by atoms with Gasteiger partial charge in [0.05, 0.1) is 11.5 Å². The molecule has 1 aliphatic rings. The predicted octanol–water partition coefficient (Wildman–Crippen LogP) is 1.26. The monoisotopic (exact) mass is 507 g/mol. The normalized spacial score (nSPS) is 17.1. The second-order valence-corrected chi connectivity index (χ2v) is 11.1. The first-order valence-corrected chi connectivity index (χ1v) is 14.0. The summed E-state index contributed by atoms with van der Waals surface area (Å²) < 4.78 is 28.3. The number of guanidine groups is 1. The van der Waals surface area contributed by atoms with Gasteiger partial charge in [-0.05, 0) is 54.3 Å². The van der Waals surface area contributed by atoms with Crippen LogP contribution >= 0.6 is 11.8 Å². The number of fused-ring (bicyclic) bond motifs is 1. The lowest BCUT2D eigenvalue weighted by atomic mass is 10.1. The van der Waals surface area contributed by atoms with Gasteiger partial charge in [-0.15, -0.1) is 0 Å². The molecule has 0 unspecified atom stereocenters. The number of carbonyl (C=O) groups excluding carboxylic acids is 1. The van der Waals surface area contributed by atoms with Crippen LogP contribution in [-0.4, -0.2) is 73.6 Å². The molecule has 1 amide bonds. The molecule has 3 rings (SSSR count). The Morgan fingerprint density at radius 2 is 1.97 bits per heavy atom. The maximum Gasteiger partial charge on any atom is 0.243 e. The lowest BCUT2D eigenvalue weighted by molar-refractivity contribution is -0.134. The number of aliphatic imine (C=N–C) groups is 1. The fourth-order valence-electron chi connectivity index (χ4n) is 4.00. The fraction of sp³-hybridized carbons (Fsp3) is 0.478. The summed E-state index contributed by atoms with van der Waals surface area (Å²) in [6.07, 6.45) is 3.58. The number of hydrogen-bond donors (Lipinski definition) is 4. The van der Waals surface area contributed by atoms with Crippen molar-refractivity contribution >= 4 is 44.4 Å². The van der Waals surface area contributed by atoms with Crippen molar-refractivity contribution in [2.45, 2.75) is 42.7 Å². The number of sulfonamides is 1. The zero-order valence-electron chi connectivity index (χ0n) is 19.1. The van der Waals surface area contributed by atoms with Crippen molar-refractivity contribution in [3.63, 3.8) is 0 Å². The Morgan fingerprint density at radius 3 is 2.71 bits per heavy atom. The lowest BCUT2D eigenvalue weighted by Gasteiger charge is -2.28. The second-order valence-electron chi connectivity index (χ2n) is 8.28. The van der Waals surface area contributed by atoms with Crippen LogP contribution in [0.15, 0.2) is 52.4 Å². The summed E-state index contributed by atoms with van der Waals surface area (Å²) in [6.45, 7) is 0.558. The van der Waals surface area contributed by atoms with Crippen molar-refractivity contribution < 1.29 is 18.3 Å². The Balaban J connectivity index is 1.57. The summed E-state index contributed by atoms with van der Waals surface area (Å²) in [7, 11) is -3.98. The molecule has 1 heterocycles. The molecule has 34 heavy (non-hydrogen) atoms. The van der Waals surface area contributed by atoms with Crippen LogP contribution in [0.5, 0.6) is 0 Å². The van der Waals surface area contributed by atoms with Crippen LogP contribution in [0.1, 0.15) is 25.7 Å². The summed E-state index contributed by atoms with van der Waals surface area (Å²) in [5.41, 5.74) is 10.6. The Kier molecular flexibility index (Phi) is 9.57. The number of nitrogens with zero attached hydrogens (tertiary/aromatic N) is 2. The molecule has 2 atom stereocenters. The van der Waals surface area contributed by atoms with Crippen molar-refractivity contribution in [2.75, 3.05) is 31.2 Å². The third-order valence-electron chi connectivity index (χ3n) is 5.77. The Labute approximate surface area is 205 Å². The Morgan fingerprint density at radius 1 is 1.21 bits per heavy atom. The molecule has 1 aliphatic heterocycles. The highest BCUT2D eigenvalue weighted by atomic mass is 32.2. The molecule has 0 aromatic heterocycles. The zero-order valence-corrected chi connectivity index (χ0v) is 20.7. The van der Waals surface area contributed by atoms with E-state index in [-0.39, 0.29) is 22.8 Å². The molecule has 0 spiro atoms. The summed E-state index contributed by atoms with van der Waals surface area (Å²) >= 11 is 1.75. The van der Waals surface area contributed by atoms with E-state index in [0.717, 1.165) is 48.0 Å². The fourth-order valence-corrected chi connectivity index (χ4v) is 6.41. The minimum Gasteiger partial charge on any atom is -0.394 e. The van der Waals surface area contributed by atoms with Crippen molar-refractivity contribution in [3.8, 4) is 0 Å². The second kappa shape index (κ2) is 12.4. The van der Waals surface area contributed by atoms with Crippen molar-refractivity contribution in [3.05, 3.63) is 42.5 Å². The van der Waals surface area contributed by atoms with E-state index < -0.39 is 22.7 Å². The molecule has 1 saturated heterocycles. The van der Waals surface area contributed by atoms with E-state index in [1.807, 2.05) is 24.3 Å². The van der Waals surface area contributed by atoms with Crippen LogP contribution in [0.4, 0.5) is 0 Å². The van der Waals surface area contributed by atoms with E-state index in [0.29, 0.717) is 13.1 Å². The highest BCUT2D eigenvalue weighted by Crippen LogP contribution is 2.24. The number of hydrogen-bond acceptors (Lipinski definition) is 6. The average Bonchev–Trinajstić information content (AvgIpc) is 3.29. The SMILES string of the molecule is NC(N)=NCCCCSC[C@@H]1CCCN1C(=O)[C@@H](CO)NS(=O)(=O)c1ccc2ccccc2c1. The quantitative estimate of drug-likeness (QED) is 0.192. The van der Waals surface area contributed by atoms with Gasteiger partial charge >= 0.3 is 0 Å². The van der Waals surface area contributed by atoms with Gasteiger partial charge in [-0.1, -0.05) is 30.3 Å². The van der Waals surface area contributed by atoms with E-state index in [9.17, 15) is 18.3 Å². The maximum absolute atomic E-state index is 13.1. The number of unbranched alkanes of at least 4 members (excludes halogenated alkanes) is 1. The van der Waals surface area contributed by atoms with Gasteiger partial charge in [0.25, 0.3) is 0 Å². The van der Waals surface area contributed by atoms with Gasteiger partial charge in [0.2, 0.25) is 15.9 Å². The smallest absolute Gasteiger partial charge is 0.243 e.